The van der Waals surface area contributed by atoms with Crippen LogP contribution in [-0.4, -0.2) is 30.6 Å². The molecule has 1 atom stereocenters. The highest BCUT2D eigenvalue weighted by Gasteiger charge is 2.33. The second-order valence-electron chi connectivity index (χ2n) is 5.08. The molecule has 1 aromatic carbocycles. The Kier molecular flexibility index (Phi) is 7.16. The molecular formula is C15H22BrF3N2. The van der Waals surface area contributed by atoms with Crippen LogP contribution in [0.3, 0.4) is 0 Å². The first-order valence-corrected chi connectivity index (χ1v) is 7.88. The van der Waals surface area contributed by atoms with E-state index in [0.29, 0.717) is 12.1 Å². The zero-order chi connectivity index (χ0) is 16.0. The van der Waals surface area contributed by atoms with Crippen LogP contribution in [0.5, 0.6) is 0 Å². The largest absolute Gasteiger partial charge is 0.417 e. The first-order valence-electron chi connectivity index (χ1n) is 7.09. The summed E-state index contributed by atoms with van der Waals surface area (Å²) in [5.41, 5.74) is 0.00937. The Morgan fingerprint density at radius 2 is 1.86 bits per heavy atom. The summed E-state index contributed by atoms with van der Waals surface area (Å²) in [5.74, 6) is 0. The Bertz CT molecular complexity index is 445. The van der Waals surface area contributed by atoms with Gasteiger partial charge in [-0.3, -0.25) is 0 Å². The molecule has 0 heterocycles. The maximum atomic E-state index is 12.8. The Morgan fingerprint density at radius 1 is 1.24 bits per heavy atom. The lowest BCUT2D eigenvalue weighted by atomic mass is 10.1. The van der Waals surface area contributed by atoms with Crippen molar-refractivity contribution in [1.29, 1.82) is 0 Å². The highest BCUT2D eigenvalue weighted by Crippen LogP contribution is 2.35. The smallest absolute Gasteiger partial charge is 0.309 e. The van der Waals surface area contributed by atoms with Crippen molar-refractivity contribution >= 4 is 15.9 Å². The summed E-state index contributed by atoms with van der Waals surface area (Å²) in [5, 5.41) is 3.27. The predicted molar refractivity (Wildman–Crippen MR) is 83.2 cm³/mol. The molecule has 1 aromatic rings. The van der Waals surface area contributed by atoms with E-state index in [1.54, 1.807) is 6.07 Å². The van der Waals surface area contributed by atoms with Crippen LogP contribution in [0.25, 0.3) is 0 Å². The molecule has 0 aliphatic heterocycles. The minimum Gasteiger partial charge on any atom is -0.309 e. The Morgan fingerprint density at radius 3 is 2.38 bits per heavy atom. The van der Waals surface area contributed by atoms with E-state index >= 15 is 0 Å². The van der Waals surface area contributed by atoms with Crippen molar-refractivity contribution in [2.75, 3.05) is 19.6 Å². The molecule has 0 spiro atoms. The first-order chi connectivity index (χ1) is 9.77. The summed E-state index contributed by atoms with van der Waals surface area (Å²) in [6, 6.07) is 4.58. The van der Waals surface area contributed by atoms with Gasteiger partial charge < -0.3 is 10.2 Å². The van der Waals surface area contributed by atoms with Gasteiger partial charge in [0.1, 0.15) is 0 Å². The average Bonchev–Trinajstić information content (AvgIpc) is 2.42. The molecule has 1 unspecified atom stereocenters. The van der Waals surface area contributed by atoms with Crippen molar-refractivity contribution in [3.05, 3.63) is 33.8 Å². The van der Waals surface area contributed by atoms with Crippen LogP contribution >= 0.6 is 15.9 Å². The normalized spacial score (nSPS) is 13.7. The average molecular weight is 367 g/mol. The SMILES string of the molecule is CCN(CC)CC(C)NCc1ccc(Br)c(C(F)(F)F)c1. The van der Waals surface area contributed by atoms with Gasteiger partial charge in [-0.2, -0.15) is 13.2 Å². The Hall–Kier alpha value is -0.590. The van der Waals surface area contributed by atoms with Gasteiger partial charge in [-0.15, -0.1) is 0 Å². The first kappa shape index (κ1) is 18.5. The molecular weight excluding hydrogens is 345 g/mol. The molecule has 0 amide bonds. The third kappa shape index (κ3) is 5.96. The maximum Gasteiger partial charge on any atom is 0.417 e. The van der Waals surface area contributed by atoms with Crippen molar-refractivity contribution in [2.45, 2.75) is 39.5 Å². The zero-order valence-corrected chi connectivity index (χ0v) is 14.2. The quantitative estimate of drug-likeness (QED) is 0.774. The van der Waals surface area contributed by atoms with Crippen molar-refractivity contribution in [3.63, 3.8) is 0 Å². The predicted octanol–water partition coefficient (Wildman–Crippen LogP) is 4.29. The molecule has 0 radical (unpaired) electrons. The number of benzene rings is 1. The molecule has 0 bridgehead atoms. The van der Waals surface area contributed by atoms with Crippen LogP contribution in [0.1, 0.15) is 31.9 Å². The second-order valence-corrected chi connectivity index (χ2v) is 5.93. The van der Waals surface area contributed by atoms with Gasteiger partial charge in [0.25, 0.3) is 0 Å². The third-order valence-corrected chi connectivity index (χ3v) is 4.11. The minimum atomic E-state index is -4.33. The number of alkyl halides is 3. The van der Waals surface area contributed by atoms with Crippen LogP contribution < -0.4 is 5.32 Å². The van der Waals surface area contributed by atoms with Gasteiger partial charge in [0.2, 0.25) is 0 Å². The Labute approximate surface area is 132 Å². The molecule has 0 saturated carbocycles. The summed E-state index contributed by atoms with van der Waals surface area (Å²) >= 11 is 2.95. The maximum absolute atomic E-state index is 12.8. The topological polar surface area (TPSA) is 15.3 Å². The van der Waals surface area contributed by atoms with Gasteiger partial charge in [0.05, 0.1) is 5.56 Å². The molecule has 6 heteroatoms. The number of likely N-dealkylation sites (N-methyl/N-ethyl adjacent to an activating group) is 1. The zero-order valence-electron chi connectivity index (χ0n) is 12.6. The molecule has 0 fully saturated rings. The standard InChI is InChI=1S/C15H22BrF3N2/c1-4-21(5-2)10-11(3)20-9-12-6-7-14(16)13(8-12)15(17,18)19/h6-8,11,20H,4-5,9-10H2,1-3H3. The van der Waals surface area contributed by atoms with Gasteiger partial charge in [-0.25, -0.2) is 0 Å². The number of hydrogen-bond acceptors (Lipinski definition) is 2. The fourth-order valence-corrected chi connectivity index (χ4v) is 2.60. The van der Waals surface area contributed by atoms with Gasteiger partial charge in [0, 0.05) is 23.6 Å². The lowest BCUT2D eigenvalue weighted by Gasteiger charge is -2.23. The van der Waals surface area contributed by atoms with Crippen molar-refractivity contribution in [1.82, 2.24) is 10.2 Å². The molecule has 0 aromatic heterocycles. The van der Waals surface area contributed by atoms with Crippen LogP contribution in [-0.2, 0) is 12.7 Å². The molecule has 0 saturated heterocycles. The fourth-order valence-electron chi connectivity index (χ4n) is 2.13. The molecule has 0 aliphatic rings. The van der Waals surface area contributed by atoms with E-state index < -0.39 is 11.7 Å². The summed E-state index contributed by atoms with van der Waals surface area (Å²) in [6.07, 6.45) is -4.33. The molecule has 120 valence electrons. The molecule has 1 N–H and O–H groups in total. The van der Waals surface area contributed by atoms with E-state index in [0.717, 1.165) is 19.6 Å². The van der Waals surface area contributed by atoms with Crippen molar-refractivity contribution in [2.24, 2.45) is 0 Å². The molecule has 0 aliphatic carbocycles. The summed E-state index contributed by atoms with van der Waals surface area (Å²) in [7, 11) is 0. The highest BCUT2D eigenvalue weighted by atomic mass is 79.9. The molecule has 1 rings (SSSR count). The Balaban J connectivity index is 2.64. The van der Waals surface area contributed by atoms with E-state index in [1.165, 1.54) is 12.1 Å². The second kappa shape index (κ2) is 8.15. The van der Waals surface area contributed by atoms with E-state index in [4.69, 9.17) is 0 Å². The monoisotopic (exact) mass is 366 g/mol. The van der Waals surface area contributed by atoms with Crippen LogP contribution in [0, 0.1) is 0 Å². The van der Waals surface area contributed by atoms with E-state index in [2.05, 4.69) is 40.0 Å². The van der Waals surface area contributed by atoms with E-state index in [-0.39, 0.29) is 10.5 Å². The van der Waals surface area contributed by atoms with Crippen molar-refractivity contribution < 1.29 is 13.2 Å². The van der Waals surface area contributed by atoms with Crippen LogP contribution in [0.15, 0.2) is 22.7 Å². The van der Waals surface area contributed by atoms with E-state index in [1.807, 2.05) is 6.92 Å². The highest BCUT2D eigenvalue weighted by molar-refractivity contribution is 9.10. The molecule has 21 heavy (non-hydrogen) atoms. The summed E-state index contributed by atoms with van der Waals surface area (Å²) in [6.45, 7) is 9.50. The summed E-state index contributed by atoms with van der Waals surface area (Å²) in [4.78, 5) is 2.28. The van der Waals surface area contributed by atoms with Gasteiger partial charge in [-0.05, 0) is 37.7 Å². The van der Waals surface area contributed by atoms with Crippen molar-refractivity contribution in [3.8, 4) is 0 Å². The fraction of sp³-hybridized carbons (Fsp3) is 0.600. The number of nitrogens with one attached hydrogen (secondary N) is 1. The van der Waals surface area contributed by atoms with E-state index in [9.17, 15) is 13.2 Å². The number of halogens is 4. The number of rotatable bonds is 7. The lowest BCUT2D eigenvalue weighted by molar-refractivity contribution is -0.138. The van der Waals surface area contributed by atoms with Gasteiger partial charge in [0.15, 0.2) is 0 Å². The van der Waals surface area contributed by atoms with Gasteiger partial charge >= 0.3 is 6.18 Å². The lowest BCUT2D eigenvalue weighted by Crippen LogP contribution is -2.38. The molecule has 2 nitrogen and oxygen atoms in total. The van der Waals surface area contributed by atoms with Gasteiger partial charge in [-0.1, -0.05) is 35.8 Å². The number of hydrogen-bond donors (Lipinski definition) is 1. The van der Waals surface area contributed by atoms with Crippen LogP contribution in [0.4, 0.5) is 13.2 Å². The summed E-state index contributed by atoms with van der Waals surface area (Å²) < 4.78 is 38.6. The third-order valence-electron chi connectivity index (χ3n) is 3.42. The van der Waals surface area contributed by atoms with Crippen LogP contribution in [0.2, 0.25) is 0 Å². The minimum absolute atomic E-state index is 0.0786. The number of nitrogens with zero attached hydrogens (tertiary/aromatic N) is 1.